The zero-order chi connectivity index (χ0) is 12.5. The van der Waals surface area contributed by atoms with Crippen LogP contribution in [0.1, 0.15) is 41.5 Å². The van der Waals surface area contributed by atoms with E-state index in [1.165, 1.54) is 4.63 Å². The van der Waals surface area contributed by atoms with Crippen molar-refractivity contribution in [1.82, 2.24) is 4.98 Å². The summed E-state index contributed by atoms with van der Waals surface area (Å²) in [5.41, 5.74) is 2.22. The third-order valence-electron chi connectivity index (χ3n) is 3.71. The van der Waals surface area contributed by atoms with Gasteiger partial charge in [-0.05, 0) is 32.6 Å². The average Bonchev–Trinajstić information content (AvgIpc) is 2.50. The predicted molar refractivity (Wildman–Crippen MR) is 80.5 cm³/mol. The molecule has 0 spiro atoms. The van der Waals surface area contributed by atoms with Gasteiger partial charge in [0.25, 0.3) is 0 Å². The Labute approximate surface area is 113 Å². The summed E-state index contributed by atoms with van der Waals surface area (Å²) < 4.78 is 2.42. The molecule has 0 atom stereocenters. The Kier molecular flexibility index (Phi) is 4.78. The second-order valence-corrected chi connectivity index (χ2v) is 13.2. The minimum absolute atomic E-state index is 0.741. The van der Waals surface area contributed by atoms with Crippen molar-refractivity contribution < 1.29 is 0 Å². The van der Waals surface area contributed by atoms with Crippen LogP contribution in [-0.2, 0) is 0 Å². The van der Waals surface area contributed by atoms with Gasteiger partial charge >= 0.3 is 0 Å². The minimum atomic E-state index is -1.51. The first-order chi connectivity index (χ1) is 7.33. The minimum Gasteiger partial charge on any atom is -0.239 e. The van der Waals surface area contributed by atoms with E-state index in [1.54, 1.807) is 0 Å². The molecule has 0 N–H and O–H groups in total. The van der Waals surface area contributed by atoms with Crippen LogP contribution >= 0.6 is 27.3 Å². The van der Waals surface area contributed by atoms with Gasteiger partial charge in [-0.15, -0.1) is 11.3 Å². The first-order valence-corrected chi connectivity index (χ1v) is 9.85. The molecular formula is C12H22BrNSSi. The number of nitrogens with zero attached hydrogens (tertiary/aromatic N) is 1. The molecule has 1 rings (SSSR count). The van der Waals surface area contributed by atoms with Crippen LogP contribution in [0.5, 0.6) is 0 Å². The molecule has 0 aliphatic heterocycles. The van der Waals surface area contributed by atoms with E-state index in [2.05, 4.69) is 62.9 Å². The van der Waals surface area contributed by atoms with Gasteiger partial charge < -0.3 is 0 Å². The molecule has 0 unspecified atom stereocenters. The Morgan fingerprint density at radius 3 is 1.75 bits per heavy atom. The van der Waals surface area contributed by atoms with E-state index in [4.69, 9.17) is 4.98 Å². The van der Waals surface area contributed by atoms with Gasteiger partial charge in [0.05, 0.1) is 4.63 Å². The van der Waals surface area contributed by atoms with Gasteiger partial charge in [0.1, 0.15) is 12.7 Å². The second-order valence-electron chi connectivity index (χ2n) is 5.37. The van der Waals surface area contributed by atoms with E-state index >= 15 is 0 Å². The topological polar surface area (TPSA) is 12.9 Å². The molecule has 92 valence electrons. The van der Waals surface area contributed by atoms with Crippen LogP contribution in [0.4, 0.5) is 0 Å². The lowest BCUT2D eigenvalue weighted by Crippen LogP contribution is -2.55. The standard InChI is InChI=1S/C12H22BrNSSi/c1-8(2)16(9(3)4,10(5)6)12-14-11(13)7-15-12/h7-10H,1-6H3. The Balaban J connectivity index is 3.33. The number of halogens is 1. The smallest absolute Gasteiger partial charge is 0.131 e. The summed E-state index contributed by atoms with van der Waals surface area (Å²) in [4.78, 5) is 4.74. The van der Waals surface area contributed by atoms with E-state index in [0.29, 0.717) is 0 Å². The van der Waals surface area contributed by atoms with Crippen molar-refractivity contribution in [2.24, 2.45) is 0 Å². The molecule has 0 amide bonds. The predicted octanol–water partition coefficient (Wildman–Crippen LogP) is 4.79. The van der Waals surface area contributed by atoms with Gasteiger partial charge in [0.15, 0.2) is 0 Å². The van der Waals surface area contributed by atoms with E-state index in [-0.39, 0.29) is 0 Å². The Morgan fingerprint density at radius 1 is 1.06 bits per heavy atom. The molecule has 0 bridgehead atoms. The lowest BCUT2D eigenvalue weighted by molar-refractivity contribution is 0.833. The molecule has 1 nitrogen and oxygen atoms in total. The third kappa shape index (κ3) is 2.29. The molecule has 0 saturated carbocycles. The van der Waals surface area contributed by atoms with Crippen LogP contribution < -0.4 is 4.63 Å². The van der Waals surface area contributed by atoms with Crippen molar-refractivity contribution in [2.45, 2.75) is 58.2 Å². The van der Waals surface area contributed by atoms with Crippen LogP contribution in [0.3, 0.4) is 0 Å². The van der Waals surface area contributed by atoms with Crippen molar-refractivity contribution in [3.05, 3.63) is 9.98 Å². The number of thiazole rings is 1. The molecular weight excluding hydrogens is 298 g/mol. The van der Waals surface area contributed by atoms with Crippen LogP contribution in [0.2, 0.25) is 16.6 Å². The monoisotopic (exact) mass is 319 g/mol. The number of hydrogen-bond acceptors (Lipinski definition) is 2. The van der Waals surface area contributed by atoms with Crippen LogP contribution in [0.25, 0.3) is 0 Å². The third-order valence-corrected chi connectivity index (χ3v) is 13.1. The largest absolute Gasteiger partial charge is 0.239 e. The number of hydrogen-bond donors (Lipinski definition) is 0. The van der Waals surface area contributed by atoms with Crippen molar-refractivity contribution in [3.63, 3.8) is 0 Å². The van der Waals surface area contributed by atoms with Crippen LogP contribution in [0.15, 0.2) is 9.98 Å². The molecule has 0 radical (unpaired) electrons. The second kappa shape index (κ2) is 5.32. The zero-order valence-corrected chi connectivity index (χ0v) is 14.4. The summed E-state index contributed by atoms with van der Waals surface area (Å²) in [5.74, 6) is 0. The summed E-state index contributed by atoms with van der Waals surface area (Å²) in [6.45, 7) is 14.3. The van der Waals surface area contributed by atoms with Gasteiger partial charge in [-0.25, -0.2) is 4.98 Å². The highest BCUT2D eigenvalue weighted by molar-refractivity contribution is 9.10. The summed E-state index contributed by atoms with van der Waals surface area (Å²) in [6, 6.07) is 0. The number of rotatable bonds is 4. The molecule has 0 fully saturated rings. The van der Waals surface area contributed by atoms with E-state index < -0.39 is 8.07 Å². The Bertz CT molecular complexity index is 325. The van der Waals surface area contributed by atoms with Gasteiger partial charge in [-0.2, -0.15) is 0 Å². The first kappa shape index (κ1) is 14.4. The van der Waals surface area contributed by atoms with E-state index in [0.717, 1.165) is 21.2 Å². The van der Waals surface area contributed by atoms with Crippen molar-refractivity contribution in [3.8, 4) is 0 Å². The fourth-order valence-electron chi connectivity index (χ4n) is 3.19. The first-order valence-electron chi connectivity index (χ1n) is 5.94. The maximum Gasteiger partial charge on any atom is 0.131 e. The SMILES string of the molecule is CC(C)[Si](c1nc(Br)cs1)(C(C)C)C(C)C. The fourth-order valence-corrected chi connectivity index (χ4v) is 13.3. The van der Waals surface area contributed by atoms with E-state index in [1.807, 2.05) is 11.3 Å². The summed E-state index contributed by atoms with van der Waals surface area (Å²) in [5, 5.41) is 2.13. The molecule has 0 aliphatic rings. The van der Waals surface area contributed by atoms with E-state index in [9.17, 15) is 0 Å². The van der Waals surface area contributed by atoms with Crippen LogP contribution in [-0.4, -0.2) is 13.1 Å². The van der Waals surface area contributed by atoms with Gasteiger partial charge in [0, 0.05) is 5.38 Å². The van der Waals surface area contributed by atoms with Gasteiger partial charge in [0.2, 0.25) is 0 Å². The molecule has 16 heavy (non-hydrogen) atoms. The lowest BCUT2D eigenvalue weighted by atomic mass is 10.5. The van der Waals surface area contributed by atoms with Gasteiger partial charge in [-0.3, -0.25) is 0 Å². The maximum absolute atomic E-state index is 4.74. The van der Waals surface area contributed by atoms with Gasteiger partial charge in [-0.1, -0.05) is 41.5 Å². The quantitative estimate of drug-likeness (QED) is 0.727. The molecule has 4 heteroatoms. The maximum atomic E-state index is 4.74. The fraction of sp³-hybridized carbons (Fsp3) is 0.750. The van der Waals surface area contributed by atoms with Crippen molar-refractivity contribution in [1.29, 1.82) is 0 Å². The van der Waals surface area contributed by atoms with Crippen molar-refractivity contribution in [2.75, 3.05) is 0 Å². The van der Waals surface area contributed by atoms with Crippen LogP contribution in [0, 0.1) is 0 Å². The lowest BCUT2D eigenvalue weighted by Gasteiger charge is -2.41. The zero-order valence-electron chi connectivity index (χ0n) is 11.0. The molecule has 0 aliphatic carbocycles. The Hall–Kier alpha value is 0.327. The average molecular weight is 320 g/mol. The molecule has 1 aromatic heterocycles. The Morgan fingerprint density at radius 2 is 1.50 bits per heavy atom. The normalized spacial score (nSPS) is 13.1. The van der Waals surface area contributed by atoms with Crippen molar-refractivity contribution >= 4 is 40.0 Å². The molecule has 0 aromatic carbocycles. The summed E-state index contributed by atoms with van der Waals surface area (Å²) in [6.07, 6.45) is 0. The molecule has 1 heterocycles. The highest BCUT2D eigenvalue weighted by Gasteiger charge is 2.46. The summed E-state index contributed by atoms with van der Waals surface area (Å²) >= 11 is 5.34. The summed E-state index contributed by atoms with van der Waals surface area (Å²) in [7, 11) is -1.51. The molecule has 0 saturated heterocycles. The molecule has 1 aromatic rings. The highest BCUT2D eigenvalue weighted by Crippen LogP contribution is 2.41. The highest BCUT2D eigenvalue weighted by atomic mass is 79.9. The number of aromatic nitrogens is 1.